The van der Waals surface area contributed by atoms with E-state index < -0.39 is 48.6 Å². The SMILES string of the molecule is CC(C)(C)OC(=O)N1C(O)[C@H](O)[C@@H](O)[C@H](O)[C@]1(O)CO. The number of aliphatic hydroxyl groups excluding tert-OH is 5. The molecule has 0 spiro atoms. The van der Waals surface area contributed by atoms with Crippen LogP contribution in [0.15, 0.2) is 0 Å². The Bertz CT molecular complexity index is 370. The lowest BCUT2D eigenvalue weighted by Gasteiger charge is -2.50. The molecular formula is C11H21NO8. The van der Waals surface area contributed by atoms with E-state index in [1.165, 1.54) is 20.8 Å². The Labute approximate surface area is 115 Å². The Morgan fingerprint density at radius 2 is 1.70 bits per heavy atom. The van der Waals surface area contributed by atoms with Crippen molar-refractivity contribution in [2.24, 2.45) is 0 Å². The van der Waals surface area contributed by atoms with Crippen LogP contribution in [0.2, 0.25) is 0 Å². The predicted molar refractivity (Wildman–Crippen MR) is 64.1 cm³/mol. The van der Waals surface area contributed by atoms with Gasteiger partial charge in [0.2, 0.25) is 0 Å². The maximum Gasteiger partial charge on any atom is 0.414 e. The van der Waals surface area contributed by atoms with Crippen molar-refractivity contribution in [2.75, 3.05) is 6.61 Å². The van der Waals surface area contributed by atoms with Gasteiger partial charge in [0.15, 0.2) is 12.0 Å². The van der Waals surface area contributed by atoms with Crippen LogP contribution in [0.4, 0.5) is 4.79 Å². The molecule has 1 rings (SSSR count). The van der Waals surface area contributed by atoms with E-state index in [1.54, 1.807) is 0 Å². The Hall–Kier alpha value is -0.970. The lowest BCUT2D eigenvalue weighted by molar-refractivity contribution is -0.307. The fourth-order valence-corrected chi connectivity index (χ4v) is 1.91. The van der Waals surface area contributed by atoms with Crippen LogP contribution >= 0.6 is 0 Å². The van der Waals surface area contributed by atoms with Crippen molar-refractivity contribution in [3.63, 3.8) is 0 Å². The summed E-state index contributed by atoms with van der Waals surface area (Å²) in [4.78, 5) is 12.2. The van der Waals surface area contributed by atoms with Gasteiger partial charge in [-0.2, -0.15) is 0 Å². The lowest BCUT2D eigenvalue weighted by Crippen LogP contribution is -2.76. The standard InChI is InChI=1S/C11H21NO8/c1-10(2,3)20-9(18)12-8(17)6(15)5(14)7(16)11(12,19)4-13/h5-8,13-17,19H,4H2,1-3H3/t5-,6-,7+,8?,11-/m1/s1. The van der Waals surface area contributed by atoms with Crippen molar-refractivity contribution < 1.29 is 40.2 Å². The highest BCUT2D eigenvalue weighted by Gasteiger charge is 2.59. The topological polar surface area (TPSA) is 151 Å². The number of hydrogen-bond acceptors (Lipinski definition) is 8. The number of ether oxygens (including phenoxy) is 1. The van der Waals surface area contributed by atoms with Gasteiger partial charge in [0.05, 0.1) is 6.61 Å². The van der Waals surface area contributed by atoms with Crippen LogP contribution in [0.25, 0.3) is 0 Å². The molecule has 0 saturated carbocycles. The minimum absolute atomic E-state index is 0.209. The molecule has 20 heavy (non-hydrogen) atoms. The molecule has 0 radical (unpaired) electrons. The van der Waals surface area contributed by atoms with Gasteiger partial charge >= 0.3 is 6.09 Å². The van der Waals surface area contributed by atoms with Gasteiger partial charge in [-0.15, -0.1) is 0 Å². The van der Waals surface area contributed by atoms with Crippen LogP contribution in [0.5, 0.6) is 0 Å². The molecule has 1 aliphatic rings. The van der Waals surface area contributed by atoms with Crippen LogP contribution in [-0.2, 0) is 4.74 Å². The summed E-state index contributed by atoms with van der Waals surface area (Å²) in [6.07, 6.45) is -9.27. The molecule has 6 N–H and O–H groups in total. The Balaban J connectivity index is 3.14. The highest BCUT2D eigenvalue weighted by atomic mass is 16.6. The fraction of sp³-hybridized carbons (Fsp3) is 0.909. The van der Waals surface area contributed by atoms with Crippen molar-refractivity contribution in [1.82, 2.24) is 4.90 Å². The van der Waals surface area contributed by atoms with Gasteiger partial charge in [-0.25, -0.2) is 9.69 Å². The molecule has 1 amide bonds. The third-order valence-electron chi connectivity index (χ3n) is 2.96. The van der Waals surface area contributed by atoms with Gasteiger partial charge in [-0.3, -0.25) is 0 Å². The quantitative estimate of drug-likeness (QED) is 0.306. The van der Waals surface area contributed by atoms with E-state index in [1.807, 2.05) is 0 Å². The van der Waals surface area contributed by atoms with Crippen molar-refractivity contribution >= 4 is 6.09 Å². The number of hydrogen-bond donors (Lipinski definition) is 6. The van der Waals surface area contributed by atoms with Gasteiger partial charge in [0, 0.05) is 0 Å². The Kier molecular flexibility index (Phi) is 4.64. The van der Waals surface area contributed by atoms with Crippen LogP contribution < -0.4 is 0 Å². The molecule has 1 aliphatic heterocycles. The van der Waals surface area contributed by atoms with Gasteiger partial charge in [-0.05, 0) is 20.8 Å². The molecule has 1 heterocycles. The summed E-state index contributed by atoms with van der Waals surface area (Å²) >= 11 is 0. The number of carbonyl (C=O) groups is 1. The number of rotatable bonds is 1. The summed E-state index contributed by atoms with van der Waals surface area (Å²) in [6, 6.07) is 0. The smallest absolute Gasteiger partial charge is 0.414 e. The molecular weight excluding hydrogens is 274 g/mol. The molecule has 9 heteroatoms. The monoisotopic (exact) mass is 295 g/mol. The molecule has 9 nitrogen and oxygen atoms in total. The minimum atomic E-state index is -2.68. The normalized spacial score (nSPS) is 38.8. The largest absolute Gasteiger partial charge is 0.444 e. The first-order valence-corrected chi connectivity index (χ1v) is 6.03. The third-order valence-corrected chi connectivity index (χ3v) is 2.96. The number of nitrogens with zero attached hydrogens (tertiary/aromatic N) is 1. The molecule has 0 aliphatic carbocycles. The second kappa shape index (κ2) is 5.43. The predicted octanol–water partition coefficient (Wildman–Crippen LogP) is -2.68. The zero-order valence-electron chi connectivity index (χ0n) is 11.5. The maximum atomic E-state index is 12.0. The zero-order valence-corrected chi connectivity index (χ0v) is 11.5. The number of likely N-dealkylation sites (tertiary alicyclic amines) is 1. The highest BCUT2D eigenvalue weighted by molar-refractivity contribution is 5.69. The molecule has 0 aromatic rings. The second-order valence-corrected chi connectivity index (χ2v) is 5.73. The van der Waals surface area contributed by atoms with E-state index in [2.05, 4.69) is 0 Å². The summed E-state index contributed by atoms with van der Waals surface area (Å²) in [5.74, 6) is 0. The van der Waals surface area contributed by atoms with Crippen molar-refractivity contribution in [1.29, 1.82) is 0 Å². The summed E-state index contributed by atoms with van der Waals surface area (Å²) in [6.45, 7) is 3.41. The zero-order chi connectivity index (χ0) is 15.9. The molecule has 0 aromatic heterocycles. The number of piperidine rings is 1. The maximum absolute atomic E-state index is 12.0. The van der Waals surface area contributed by atoms with E-state index in [-0.39, 0.29) is 4.90 Å². The van der Waals surface area contributed by atoms with Crippen LogP contribution in [0.3, 0.4) is 0 Å². The molecule has 5 atom stereocenters. The summed E-state index contributed by atoms with van der Waals surface area (Å²) in [5, 5.41) is 57.9. The average Bonchev–Trinajstić information content (AvgIpc) is 2.32. The molecule has 118 valence electrons. The molecule has 0 aromatic carbocycles. The molecule has 1 saturated heterocycles. The lowest BCUT2D eigenvalue weighted by atomic mass is 9.90. The molecule has 0 bridgehead atoms. The second-order valence-electron chi connectivity index (χ2n) is 5.73. The number of carbonyl (C=O) groups excluding carboxylic acids is 1. The first kappa shape index (κ1) is 17.1. The van der Waals surface area contributed by atoms with E-state index in [0.717, 1.165) is 0 Å². The van der Waals surface area contributed by atoms with Gasteiger partial charge in [-0.1, -0.05) is 0 Å². The van der Waals surface area contributed by atoms with E-state index in [9.17, 15) is 35.4 Å². The van der Waals surface area contributed by atoms with Crippen LogP contribution in [0.1, 0.15) is 20.8 Å². The molecule has 1 fully saturated rings. The molecule has 1 unspecified atom stereocenters. The van der Waals surface area contributed by atoms with Crippen LogP contribution in [0, 0.1) is 0 Å². The van der Waals surface area contributed by atoms with Gasteiger partial charge < -0.3 is 35.4 Å². The number of aliphatic hydroxyl groups is 6. The van der Waals surface area contributed by atoms with Crippen molar-refractivity contribution in [2.45, 2.75) is 56.6 Å². The average molecular weight is 295 g/mol. The minimum Gasteiger partial charge on any atom is -0.444 e. The first-order chi connectivity index (χ1) is 8.95. The van der Waals surface area contributed by atoms with Gasteiger partial charge in [0.25, 0.3) is 0 Å². The van der Waals surface area contributed by atoms with E-state index in [4.69, 9.17) is 4.74 Å². The summed E-state index contributed by atoms with van der Waals surface area (Å²) in [5.41, 5.74) is -3.65. The summed E-state index contributed by atoms with van der Waals surface area (Å²) < 4.78 is 4.93. The Morgan fingerprint density at radius 3 is 2.10 bits per heavy atom. The van der Waals surface area contributed by atoms with E-state index >= 15 is 0 Å². The van der Waals surface area contributed by atoms with Crippen molar-refractivity contribution in [3.05, 3.63) is 0 Å². The first-order valence-electron chi connectivity index (χ1n) is 6.03. The van der Waals surface area contributed by atoms with Crippen molar-refractivity contribution in [3.8, 4) is 0 Å². The fourth-order valence-electron chi connectivity index (χ4n) is 1.91. The van der Waals surface area contributed by atoms with E-state index in [0.29, 0.717) is 0 Å². The number of amides is 1. The van der Waals surface area contributed by atoms with Gasteiger partial charge in [0.1, 0.15) is 23.9 Å². The highest BCUT2D eigenvalue weighted by Crippen LogP contribution is 2.31. The summed E-state index contributed by atoms with van der Waals surface area (Å²) in [7, 11) is 0. The third kappa shape index (κ3) is 2.87. The Morgan fingerprint density at radius 1 is 1.20 bits per heavy atom. The van der Waals surface area contributed by atoms with Crippen LogP contribution in [-0.4, -0.2) is 84.1 Å².